The van der Waals surface area contributed by atoms with Crippen LogP contribution in [-0.2, 0) is 9.47 Å². The number of amidine groups is 1. The van der Waals surface area contributed by atoms with Gasteiger partial charge >= 0.3 is 6.09 Å². The Kier molecular flexibility index (Phi) is 6.58. The van der Waals surface area contributed by atoms with Crippen LogP contribution in [0.4, 0.5) is 9.18 Å². The molecule has 0 aromatic carbocycles. The Bertz CT molecular complexity index is 1020. The summed E-state index contributed by atoms with van der Waals surface area (Å²) >= 11 is 1.39. The average Bonchev–Trinajstić information content (AvgIpc) is 3.18. The summed E-state index contributed by atoms with van der Waals surface area (Å²) in [6.45, 7) is 5.76. The van der Waals surface area contributed by atoms with E-state index in [-0.39, 0.29) is 29.8 Å². The van der Waals surface area contributed by atoms with Gasteiger partial charge in [-0.3, -0.25) is 15.1 Å². The van der Waals surface area contributed by atoms with Gasteiger partial charge in [-0.05, 0) is 51.5 Å². The van der Waals surface area contributed by atoms with E-state index in [1.54, 1.807) is 45.0 Å². The number of aliphatic imine (C=N–C) groups is 1. The second-order valence-electron chi connectivity index (χ2n) is 9.11. The van der Waals surface area contributed by atoms with E-state index in [0.717, 1.165) is 6.42 Å². The number of nitrogens with one attached hydrogen (secondary N) is 2. The number of amides is 2. The number of aromatic nitrogens is 1. The van der Waals surface area contributed by atoms with Crippen LogP contribution in [0.25, 0.3) is 0 Å². The number of hydrogen-bond donors (Lipinski definition) is 2. The number of carbonyl (C=O) groups excluding carboxylic acids is 2. The molecule has 1 fully saturated rings. The highest BCUT2D eigenvalue weighted by Crippen LogP contribution is 2.50. The number of carbonyl (C=O) groups is 2. The molecule has 33 heavy (non-hydrogen) atoms. The fourth-order valence-corrected chi connectivity index (χ4v) is 5.26. The fraction of sp³-hybridized carbons (Fsp3) is 0.478. The minimum Gasteiger partial charge on any atom is -0.444 e. The smallest absolute Gasteiger partial charge is 0.413 e. The van der Waals surface area contributed by atoms with Gasteiger partial charge in [-0.25, -0.2) is 14.2 Å². The van der Waals surface area contributed by atoms with Gasteiger partial charge in [0.25, 0.3) is 5.91 Å². The van der Waals surface area contributed by atoms with Crippen molar-refractivity contribution in [2.24, 2.45) is 16.8 Å². The maximum Gasteiger partial charge on any atom is 0.413 e. The standard InChI is InChI=1S/C23H27FN4O4S/c1-22(2,3)32-21(30)27-20-28-23(14(13-33-20)9-11-31-23)16-12-15(7-8-17(16)24)26-19(29)18-6-4-5-10-25-18/h4-8,10,14,16H,9,11-13H2,1-3H3,(H,26,29)(H,27,28,30)/t14-,16?,23+/m0/s1. The first-order valence-electron chi connectivity index (χ1n) is 10.8. The monoisotopic (exact) mass is 474 g/mol. The third kappa shape index (κ3) is 5.27. The van der Waals surface area contributed by atoms with Gasteiger partial charge in [-0.15, -0.1) is 0 Å². The van der Waals surface area contributed by atoms with Crippen LogP contribution < -0.4 is 10.6 Å². The van der Waals surface area contributed by atoms with Crippen molar-refractivity contribution < 1.29 is 23.5 Å². The molecule has 1 saturated heterocycles. The van der Waals surface area contributed by atoms with Crippen molar-refractivity contribution >= 4 is 28.9 Å². The molecule has 0 bridgehead atoms. The molecule has 3 heterocycles. The van der Waals surface area contributed by atoms with E-state index in [1.807, 2.05) is 0 Å². The molecule has 0 radical (unpaired) electrons. The van der Waals surface area contributed by atoms with E-state index < -0.39 is 23.3 Å². The summed E-state index contributed by atoms with van der Waals surface area (Å²) in [5.41, 5.74) is -0.992. The zero-order valence-corrected chi connectivity index (χ0v) is 19.6. The zero-order chi connectivity index (χ0) is 23.6. The van der Waals surface area contributed by atoms with E-state index in [0.29, 0.717) is 23.2 Å². The van der Waals surface area contributed by atoms with Crippen molar-refractivity contribution in [1.29, 1.82) is 0 Å². The van der Waals surface area contributed by atoms with Gasteiger partial charge in [0.2, 0.25) is 0 Å². The van der Waals surface area contributed by atoms with Gasteiger partial charge in [0.05, 0.1) is 12.5 Å². The molecule has 1 aromatic heterocycles. The predicted octanol–water partition coefficient (Wildman–Crippen LogP) is 3.93. The number of hydrogen-bond acceptors (Lipinski definition) is 7. The summed E-state index contributed by atoms with van der Waals surface area (Å²) < 4.78 is 26.5. The number of rotatable bonds is 3. The van der Waals surface area contributed by atoms with Crippen molar-refractivity contribution in [3.8, 4) is 0 Å². The van der Waals surface area contributed by atoms with Crippen molar-refractivity contribution in [3.05, 3.63) is 53.8 Å². The second kappa shape index (κ2) is 9.26. The number of halogens is 1. The van der Waals surface area contributed by atoms with Gasteiger partial charge in [0.1, 0.15) is 17.1 Å². The molecule has 176 valence electrons. The average molecular weight is 475 g/mol. The number of allylic oxidation sites excluding steroid dienone is 3. The normalized spacial score (nSPS) is 27.0. The Morgan fingerprint density at radius 3 is 2.82 bits per heavy atom. The molecule has 2 N–H and O–H groups in total. The number of fused-ring (bicyclic) bond motifs is 1. The summed E-state index contributed by atoms with van der Waals surface area (Å²) in [6.07, 6.45) is 4.74. The highest BCUT2D eigenvalue weighted by Gasteiger charge is 2.54. The van der Waals surface area contributed by atoms with E-state index in [2.05, 4.69) is 15.6 Å². The second-order valence-corrected chi connectivity index (χ2v) is 10.1. The van der Waals surface area contributed by atoms with Crippen LogP contribution in [-0.4, -0.2) is 45.8 Å². The summed E-state index contributed by atoms with van der Waals surface area (Å²) in [6, 6.07) is 5.06. The van der Waals surface area contributed by atoms with Crippen molar-refractivity contribution in [2.75, 3.05) is 12.4 Å². The number of nitrogens with zero attached hydrogens (tertiary/aromatic N) is 2. The highest BCUT2D eigenvalue weighted by atomic mass is 32.2. The molecule has 2 aliphatic heterocycles. The molecule has 0 spiro atoms. The third-order valence-electron chi connectivity index (χ3n) is 5.56. The quantitative estimate of drug-likeness (QED) is 0.688. The van der Waals surface area contributed by atoms with Gasteiger partial charge in [-0.2, -0.15) is 0 Å². The van der Waals surface area contributed by atoms with Crippen LogP contribution in [0.5, 0.6) is 0 Å². The third-order valence-corrected chi connectivity index (χ3v) is 6.60. The van der Waals surface area contributed by atoms with Crippen LogP contribution in [0.1, 0.15) is 44.1 Å². The van der Waals surface area contributed by atoms with E-state index in [1.165, 1.54) is 24.0 Å². The van der Waals surface area contributed by atoms with E-state index >= 15 is 4.39 Å². The van der Waals surface area contributed by atoms with Crippen LogP contribution >= 0.6 is 11.8 Å². The van der Waals surface area contributed by atoms with Crippen molar-refractivity contribution in [2.45, 2.75) is 44.9 Å². The van der Waals surface area contributed by atoms with E-state index in [4.69, 9.17) is 14.5 Å². The van der Waals surface area contributed by atoms with Gasteiger partial charge < -0.3 is 14.8 Å². The van der Waals surface area contributed by atoms with Crippen LogP contribution in [0, 0.1) is 11.8 Å². The molecule has 1 unspecified atom stereocenters. The lowest BCUT2D eigenvalue weighted by Gasteiger charge is -2.41. The van der Waals surface area contributed by atoms with Crippen molar-refractivity contribution in [3.63, 3.8) is 0 Å². The Hall–Kier alpha value is -2.72. The molecule has 3 aliphatic rings. The van der Waals surface area contributed by atoms with Gasteiger partial charge in [-0.1, -0.05) is 17.8 Å². The predicted molar refractivity (Wildman–Crippen MR) is 123 cm³/mol. The van der Waals surface area contributed by atoms with Crippen LogP contribution in [0.2, 0.25) is 0 Å². The maximum atomic E-state index is 15.1. The van der Waals surface area contributed by atoms with Crippen LogP contribution in [0.3, 0.4) is 0 Å². The molecule has 2 amide bonds. The Labute approximate surface area is 196 Å². The van der Waals surface area contributed by atoms with E-state index in [9.17, 15) is 9.59 Å². The molecule has 1 aliphatic carbocycles. The molecular formula is C23H27FN4O4S. The maximum absolute atomic E-state index is 15.1. The first kappa shape index (κ1) is 23.4. The van der Waals surface area contributed by atoms with Gasteiger partial charge in [0, 0.05) is 30.0 Å². The molecule has 1 aromatic rings. The first-order valence-corrected chi connectivity index (χ1v) is 11.8. The SMILES string of the molecule is CC(C)(C)OC(=O)NC1=N[C@@]2(C3CC(NC(=O)c4ccccn4)=CC=C3F)OCC[C@H]2CS1. The number of ether oxygens (including phenoxy) is 2. The largest absolute Gasteiger partial charge is 0.444 e. The Morgan fingerprint density at radius 2 is 2.09 bits per heavy atom. The fourth-order valence-electron chi connectivity index (χ4n) is 4.13. The lowest BCUT2D eigenvalue weighted by atomic mass is 9.80. The number of alkyl carbamates (subject to hydrolysis) is 1. The summed E-state index contributed by atoms with van der Waals surface area (Å²) in [5, 5.41) is 5.83. The molecule has 3 atom stereocenters. The minimum atomic E-state index is -1.16. The zero-order valence-electron chi connectivity index (χ0n) is 18.8. The highest BCUT2D eigenvalue weighted by molar-refractivity contribution is 8.13. The Balaban J connectivity index is 1.54. The van der Waals surface area contributed by atoms with Crippen molar-refractivity contribution in [1.82, 2.24) is 15.6 Å². The van der Waals surface area contributed by atoms with Crippen LogP contribution in [0.15, 0.2) is 53.1 Å². The first-order chi connectivity index (χ1) is 15.7. The molecule has 10 heteroatoms. The number of pyridine rings is 1. The molecule has 8 nitrogen and oxygen atoms in total. The molecule has 0 saturated carbocycles. The lowest BCUT2D eigenvalue weighted by Crippen LogP contribution is -2.49. The minimum absolute atomic E-state index is 0.0262. The Morgan fingerprint density at radius 1 is 1.27 bits per heavy atom. The van der Waals surface area contributed by atoms with Gasteiger partial charge in [0.15, 0.2) is 10.9 Å². The number of thioether (sulfide) groups is 1. The molecule has 4 rings (SSSR count). The summed E-state index contributed by atoms with van der Waals surface area (Å²) in [5.74, 6) is -0.873. The summed E-state index contributed by atoms with van der Waals surface area (Å²) in [4.78, 5) is 33.6. The molecular weight excluding hydrogens is 447 g/mol. The topological polar surface area (TPSA) is 102 Å². The lowest BCUT2D eigenvalue weighted by molar-refractivity contribution is -0.0534. The summed E-state index contributed by atoms with van der Waals surface area (Å²) in [7, 11) is 0.